The fourth-order valence-electron chi connectivity index (χ4n) is 2.11. The summed E-state index contributed by atoms with van der Waals surface area (Å²) in [6, 6.07) is 7.31. The van der Waals surface area contributed by atoms with E-state index in [1.54, 1.807) is 12.1 Å². The Balaban J connectivity index is 2.93. The summed E-state index contributed by atoms with van der Waals surface area (Å²) in [5.41, 5.74) is 1.25. The zero-order chi connectivity index (χ0) is 15.1. The van der Waals surface area contributed by atoms with Gasteiger partial charge in [-0.25, -0.2) is 4.79 Å². The van der Waals surface area contributed by atoms with Crippen molar-refractivity contribution < 1.29 is 9.90 Å². The van der Waals surface area contributed by atoms with Gasteiger partial charge in [0.25, 0.3) is 0 Å². The van der Waals surface area contributed by atoms with Crippen molar-refractivity contribution in [3.05, 3.63) is 29.8 Å². The molecule has 0 unspecified atom stereocenters. The van der Waals surface area contributed by atoms with E-state index in [1.165, 1.54) is 0 Å². The number of para-hydroxylation sites is 1. The van der Waals surface area contributed by atoms with Crippen LogP contribution in [0.25, 0.3) is 0 Å². The summed E-state index contributed by atoms with van der Waals surface area (Å²) in [7, 11) is 0. The molecule has 0 aliphatic carbocycles. The fraction of sp³-hybridized carbons (Fsp3) is 0.588. The highest BCUT2D eigenvalue weighted by Crippen LogP contribution is 2.22. The second-order valence-electron chi connectivity index (χ2n) is 6.17. The van der Waals surface area contributed by atoms with Gasteiger partial charge in [-0.05, 0) is 36.8 Å². The van der Waals surface area contributed by atoms with Gasteiger partial charge in [0, 0.05) is 13.1 Å². The lowest BCUT2D eigenvalue weighted by Gasteiger charge is -2.27. The molecular weight excluding hydrogens is 250 g/mol. The SMILES string of the molecule is CC(C)CCN(CCC(C)C)c1ccccc1C(=O)O. The second kappa shape index (κ2) is 7.93. The number of carboxylic acid groups (broad SMARTS) is 1. The van der Waals surface area contributed by atoms with Crippen LogP contribution in [0.1, 0.15) is 50.9 Å². The third-order valence-electron chi connectivity index (χ3n) is 3.43. The monoisotopic (exact) mass is 277 g/mol. The Hall–Kier alpha value is -1.51. The van der Waals surface area contributed by atoms with Gasteiger partial charge in [0.2, 0.25) is 0 Å². The van der Waals surface area contributed by atoms with Crippen molar-refractivity contribution in [2.24, 2.45) is 11.8 Å². The minimum absolute atomic E-state index is 0.403. The number of rotatable bonds is 8. The van der Waals surface area contributed by atoms with Crippen molar-refractivity contribution in [1.82, 2.24) is 0 Å². The van der Waals surface area contributed by atoms with E-state index < -0.39 is 5.97 Å². The lowest BCUT2D eigenvalue weighted by atomic mass is 10.1. The van der Waals surface area contributed by atoms with Crippen LogP contribution in [0.15, 0.2) is 24.3 Å². The first-order valence-corrected chi connectivity index (χ1v) is 7.49. The Labute approximate surface area is 122 Å². The molecule has 1 aromatic rings. The summed E-state index contributed by atoms with van der Waals surface area (Å²) in [5.74, 6) is 0.391. The zero-order valence-corrected chi connectivity index (χ0v) is 13.1. The molecule has 0 radical (unpaired) electrons. The number of nitrogens with zero attached hydrogens (tertiary/aromatic N) is 1. The maximum atomic E-state index is 11.4. The first-order valence-electron chi connectivity index (χ1n) is 7.49. The number of benzene rings is 1. The first-order chi connectivity index (χ1) is 9.41. The van der Waals surface area contributed by atoms with E-state index in [-0.39, 0.29) is 0 Å². The smallest absolute Gasteiger partial charge is 0.337 e. The summed E-state index contributed by atoms with van der Waals surface area (Å²) in [6.45, 7) is 10.6. The molecule has 1 rings (SSSR count). The Morgan fingerprint density at radius 2 is 1.55 bits per heavy atom. The molecule has 0 heterocycles. The molecule has 0 saturated heterocycles. The molecule has 1 aromatic carbocycles. The number of hydrogen-bond acceptors (Lipinski definition) is 2. The van der Waals surface area contributed by atoms with E-state index in [2.05, 4.69) is 32.6 Å². The fourth-order valence-corrected chi connectivity index (χ4v) is 2.11. The van der Waals surface area contributed by atoms with E-state index >= 15 is 0 Å². The van der Waals surface area contributed by atoms with Crippen molar-refractivity contribution in [3.63, 3.8) is 0 Å². The highest BCUT2D eigenvalue weighted by molar-refractivity contribution is 5.94. The molecular formula is C17H27NO2. The highest BCUT2D eigenvalue weighted by atomic mass is 16.4. The van der Waals surface area contributed by atoms with Crippen LogP contribution in [0.5, 0.6) is 0 Å². The molecule has 3 heteroatoms. The molecule has 0 atom stereocenters. The number of carboxylic acids is 1. The van der Waals surface area contributed by atoms with Crippen LogP contribution in [0.3, 0.4) is 0 Å². The number of aromatic carboxylic acids is 1. The maximum absolute atomic E-state index is 11.4. The van der Waals surface area contributed by atoms with Gasteiger partial charge >= 0.3 is 5.97 Å². The largest absolute Gasteiger partial charge is 0.478 e. The summed E-state index contributed by atoms with van der Waals surface area (Å²) < 4.78 is 0. The number of hydrogen-bond donors (Lipinski definition) is 1. The van der Waals surface area contributed by atoms with Crippen LogP contribution in [0.2, 0.25) is 0 Å². The third kappa shape index (κ3) is 5.24. The average molecular weight is 277 g/mol. The van der Waals surface area contributed by atoms with Crippen molar-refractivity contribution in [1.29, 1.82) is 0 Å². The van der Waals surface area contributed by atoms with Crippen molar-refractivity contribution in [2.75, 3.05) is 18.0 Å². The molecule has 20 heavy (non-hydrogen) atoms. The van der Waals surface area contributed by atoms with Crippen molar-refractivity contribution in [3.8, 4) is 0 Å². The van der Waals surface area contributed by atoms with E-state index in [0.29, 0.717) is 17.4 Å². The quantitative estimate of drug-likeness (QED) is 0.771. The number of anilines is 1. The highest BCUT2D eigenvalue weighted by Gasteiger charge is 2.16. The summed E-state index contributed by atoms with van der Waals surface area (Å²) in [5, 5.41) is 9.34. The topological polar surface area (TPSA) is 40.5 Å². The molecule has 3 nitrogen and oxygen atoms in total. The van der Waals surface area contributed by atoms with Gasteiger partial charge in [-0.3, -0.25) is 0 Å². The van der Waals surface area contributed by atoms with Crippen LogP contribution >= 0.6 is 0 Å². The van der Waals surface area contributed by atoms with Crippen LogP contribution in [-0.4, -0.2) is 24.2 Å². The third-order valence-corrected chi connectivity index (χ3v) is 3.43. The minimum atomic E-state index is -0.848. The van der Waals surface area contributed by atoms with Crippen LogP contribution in [-0.2, 0) is 0 Å². The van der Waals surface area contributed by atoms with Crippen molar-refractivity contribution >= 4 is 11.7 Å². The molecule has 0 fully saturated rings. The average Bonchev–Trinajstić information content (AvgIpc) is 2.38. The van der Waals surface area contributed by atoms with Crippen LogP contribution in [0.4, 0.5) is 5.69 Å². The molecule has 0 saturated carbocycles. The van der Waals surface area contributed by atoms with Crippen molar-refractivity contribution in [2.45, 2.75) is 40.5 Å². The Morgan fingerprint density at radius 3 is 2.00 bits per heavy atom. The first kappa shape index (κ1) is 16.5. The predicted molar refractivity (Wildman–Crippen MR) is 84.5 cm³/mol. The Morgan fingerprint density at radius 1 is 1.05 bits per heavy atom. The lowest BCUT2D eigenvalue weighted by molar-refractivity contribution is 0.0697. The Kier molecular flexibility index (Phi) is 6.56. The molecule has 0 bridgehead atoms. The zero-order valence-electron chi connectivity index (χ0n) is 13.1. The normalized spacial score (nSPS) is 11.1. The van der Waals surface area contributed by atoms with Gasteiger partial charge in [-0.15, -0.1) is 0 Å². The van der Waals surface area contributed by atoms with Gasteiger partial charge in [0.15, 0.2) is 0 Å². The van der Waals surface area contributed by atoms with Crippen LogP contribution in [0, 0.1) is 11.8 Å². The number of carbonyl (C=O) groups is 1. The van der Waals surface area contributed by atoms with Gasteiger partial charge in [-0.1, -0.05) is 39.8 Å². The lowest BCUT2D eigenvalue weighted by Crippen LogP contribution is -2.29. The molecule has 0 aromatic heterocycles. The predicted octanol–water partition coefficient (Wildman–Crippen LogP) is 4.28. The van der Waals surface area contributed by atoms with E-state index in [9.17, 15) is 9.90 Å². The Bertz CT molecular complexity index is 415. The molecule has 0 aliphatic rings. The minimum Gasteiger partial charge on any atom is -0.478 e. The molecule has 1 N–H and O–H groups in total. The van der Waals surface area contributed by atoms with Gasteiger partial charge in [0.05, 0.1) is 11.3 Å². The standard InChI is InChI=1S/C17H27NO2/c1-13(2)9-11-18(12-10-14(3)4)16-8-6-5-7-15(16)17(19)20/h5-8,13-14H,9-12H2,1-4H3,(H,19,20). The summed E-state index contributed by atoms with van der Waals surface area (Å²) in [4.78, 5) is 13.6. The summed E-state index contributed by atoms with van der Waals surface area (Å²) >= 11 is 0. The molecule has 0 aliphatic heterocycles. The van der Waals surface area contributed by atoms with E-state index in [0.717, 1.165) is 31.6 Å². The van der Waals surface area contributed by atoms with Gasteiger partial charge < -0.3 is 10.0 Å². The maximum Gasteiger partial charge on any atom is 0.337 e. The van der Waals surface area contributed by atoms with E-state index in [4.69, 9.17) is 0 Å². The van der Waals surface area contributed by atoms with Crippen LogP contribution < -0.4 is 4.90 Å². The van der Waals surface area contributed by atoms with Gasteiger partial charge in [0.1, 0.15) is 0 Å². The molecule has 0 amide bonds. The second-order valence-corrected chi connectivity index (χ2v) is 6.17. The van der Waals surface area contributed by atoms with E-state index in [1.807, 2.05) is 12.1 Å². The molecule has 0 spiro atoms. The summed E-state index contributed by atoms with van der Waals surface area (Å²) in [6.07, 6.45) is 2.15. The van der Waals surface area contributed by atoms with Gasteiger partial charge in [-0.2, -0.15) is 0 Å². The molecule has 112 valence electrons.